The lowest BCUT2D eigenvalue weighted by Crippen LogP contribution is -2.56. The summed E-state index contributed by atoms with van der Waals surface area (Å²) in [4.78, 5) is 9.18. The van der Waals surface area contributed by atoms with Gasteiger partial charge in [0.05, 0.1) is 22.8 Å². The maximum atomic E-state index is 5.66. The molecule has 0 amide bonds. The number of nitrogens with one attached hydrogen (secondary N) is 3. The molecular weight excluding hydrogens is 364 g/mol. The second-order valence-electron chi connectivity index (χ2n) is 8.13. The number of ether oxygens (including phenoxy) is 1. The number of fused-ring (bicyclic) bond motifs is 3. The first-order valence-corrected chi connectivity index (χ1v) is 10.4. The molecule has 5 atom stereocenters. The van der Waals surface area contributed by atoms with Crippen LogP contribution in [0.15, 0.2) is 59.5 Å². The molecule has 0 bridgehead atoms. The summed E-state index contributed by atoms with van der Waals surface area (Å²) in [6.45, 7) is 0. The molecule has 29 heavy (non-hydrogen) atoms. The van der Waals surface area contributed by atoms with E-state index in [0.29, 0.717) is 12.1 Å². The van der Waals surface area contributed by atoms with E-state index in [0.717, 1.165) is 48.5 Å². The zero-order valence-corrected chi connectivity index (χ0v) is 16.1. The van der Waals surface area contributed by atoms with Crippen molar-refractivity contribution in [3.63, 3.8) is 0 Å². The fraction of sp³-hybridized carbons (Fsp3) is 0.409. The second kappa shape index (κ2) is 7.02. The zero-order chi connectivity index (χ0) is 19.2. The number of epoxide rings is 1. The third kappa shape index (κ3) is 3.15. The normalized spacial score (nSPS) is 33.2. The van der Waals surface area contributed by atoms with Gasteiger partial charge < -0.3 is 4.74 Å². The van der Waals surface area contributed by atoms with E-state index in [4.69, 9.17) is 9.84 Å². The predicted molar refractivity (Wildman–Crippen MR) is 110 cm³/mol. The van der Waals surface area contributed by atoms with Crippen molar-refractivity contribution < 1.29 is 4.74 Å². The lowest BCUT2D eigenvalue weighted by Gasteiger charge is -2.38. The van der Waals surface area contributed by atoms with E-state index in [9.17, 15) is 0 Å². The van der Waals surface area contributed by atoms with Gasteiger partial charge in [0.2, 0.25) is 0 Å². The molecule has 2 saturated heterocycles. The van der Waals surface area contributed by atoms with Gasteiger partial charge in [0, 0.05) is 30.4 Å². The highest BCUT2D eigenvalue weighted by atomic mass is 16.6. The minimum Gasteiger partial charge on any atom is -0.337 e. The van der Waals surface area contributed by atoms with Crippen molar-refractivity contribution in [3.8, 4) is 0 Å². The van der Waals surface area contributed by atoms with Crippen LogP contribution >= 0.6 is 0 Å². The molecule has 0 radical (unpaired) electrons. The molecule has 3 fully saturated rings. The minimum absolute atomic E-state index is 0.186. The Morgan fingerprint density at radius 2 is 1.55 bits per heavy atom. The van der Waals surface area contributed by atoms with Crippen LogP contribution in [-0.4, -0.2) is 40.2 Å². The first kappa shape index (κ1) is 17.3. The van der Waals surface area contributed by atoms with Gasteiger partial charge in [-0.15, -0.1) is 0 Å². The molecule has 0 aromatic carbocycles. The summed E-state index contributed by atoms with van der Waals surface area (Å²) in [6.07, 6.45) is 8.19. The smallest absolute Gasteiger partial charge is 0.150 e. The maximum Gasteiger partial charge on any atom is 0.150 e. The van der Waals surface area contributed by atoms with Gasteiger partial charge in [-0.2, -0.15) is 5.10 Å². The van der Waals surface area contributed by atoms with Crippen molar-refractivity contribution in [2.75, 3.05) is 0 Å². The van der Waals surface area contributed by atoms with Crippen LogP contribution in [0.1, 0.15) is 37.1 Å². The van der Waals surface area contributed by atoms with Gasteiger partial charge >= 0.3 is 0 Å². The standard InChI is InChI=1S/C22H24N6O/c1-3-11-23-17(5-1)19-13-7-9-15-16(26-22-21(25-15)29-22)10-8-14(13)20(28-27-19)18-6-2-4-12-24-18/h1-6,11-13,15-16,21-22,25-26,28H,7-10H2/t13?,15-,16+,21?,22?/m1/s1. The number of aromatic nitrogens is 2. The molecule has 6 rings (SSSR count). The summed E-state index contributed by atoms with van der Waals surface area (Å²) in [5.74, 6) is 0.240. The Hall–Kier alpha value is -2.61. The van der Waals surface area contributed by atoms with Gasteiger partial charge in [0.25, 0.3) is 0 Å². The third-order valence-corrected chi connectivity index (χ3v) is 6.43. The number of rotatable bonds is 2. The Labute approximate surface area is 169 Å². The van der Waals surface area contributed by atoms with E-state index in [1.165, 1.54) is 5.57 Å². The van der Waals surface area contributed by atoms with Crippen LogP contribution in [0.5, 0.6) is 0 Å². The monoisotopic (exact) mass is 388 g/mol. The van der Waals surface area contributed by atoms with Gasteiger partial charge in [0.15, 0.2) is 12.5 Å². The van der Waals surface area contributed by atoms with E-state index >= 15 is 0 Å². The summed E-state index contributed by atoms with van der Waals surface area (Å²) in [5, 5.41) is 12.1. The quantitative estimate of drug-likeness (QED) is 0.682. The summed E-state index contributed by atoms with van der Waals surface area (Å²) < 4.78 is 5.66. The lowest BCUT2D eigenvalue weighted by molar-refractivity contribution is 0.272. The highest BCUT2D eigenvalue weighted by molar-refractivity contribution is 6.04. The SMILES string of the molecule is c1ccc(C2=NNC(c3ccccn3)=C3CC[C@@H]4NC5OC5N[C@@H]4CCC23)nc1. The summed E-state index contributed by atoms with van der Waals surface area (Å²) in [5.41, 5.74) is 8.69. The van der Waals surface area contributed by atoms with Gasteiger partial charge in [-0.3, -0.25) is 26.0 Å². The van der Waals surface area contributed by atoms with Crippen LogP contribution in [0.2, 0.25) is 0 Å². The number of hydrogen-bond acceptors (Lipinski definition) is 7. The van der Waals surface area contributed by atoms with Crippen LogP contribution in [0.25, 0.3) is 5.70 Å². The van der Waals surface area contributed by atoms with E-state index in [1.54, 1.807) is 0 Å². The topological polar surface area (TPSA) is 86.8 Å². The van der Waals surface area contributed by atoms with E-state index in [1.807, 2.05) is 36.7 Å². The molecule has 4 aliphatic rings. The van der Waals surface area contributed by atoms with Gasteiger partial charge in [-0.05, 0) is 55.5 Å². The average Bonchev–Trinajstić information content (AvgIpc) is 3.53. The average molecular weight is 388 g/mol. The first-order valence-electron chi connectivity index (χ1n) is 10.4. The molecule has 0 spiro atoms. The van der Waals surface area contributed by atoms with Crippen LogP contribution in [0.4, 0.5) is 0 Å². The van der Waals surface area contributed by atoms with Crippen LogP contribution < -0.4 is 16.1 Å². The Balaban J connectivity index is 1.38. The van der Waals surface area contributed by atoms with Crippen molar-refractivity contribution >= 4 is 11.4 Å². The van der Waals surface area contributed by atoms with Gasteiger partial charge in [-0.25, -0.2) is 0 Å². The largest absolute Gasteiger partial charge is 0.337 e. The van der Waals surface area contributed by atoms with Crippen molar-refractivity contribution in [1.82, 2.24) is 26.0 Å². The molecule has 3 unspecified atom stereocenters. The van der Waals surface area contributed by atoms with Gasteiger partial charge in [0.1, 0.15) is 0 Å². The second-order valence-corrected chi connectivity index (χ2v) is 8.13. The number of piperazine rings is 1. The molecular formula is C22H24N6O. The molecule has 5 heterocycles. The Morgan fingerprint density at radius 1 is 0.828 bits per heavy atom. The zero-order valence-electron chi connectivity index (χ0n) is 16.1. The van der Waals surface area contributed by atoms with Crippen LogP contribution in [0, 0.1) is 5.92 Å². The van der Waals surface area contributed by atoms with Crippen molar-refractivity contribution in [3.05, 3.63) is 65.8 Å². The molecule has 3 aliphatic heterocycles. The van der Waals surface area contributed by atoms with E-state index in [2.05, 4.69) is 38.2 Å². The number of hydrogen-bond donors (Lipinski definition) is 3. The summed E-state index contributed by atoms with van der Waals surface area (Å²) in [6, 6.07) is 12.9. The predicted octanol–water partition coefficient (Wildman–Crippen LogP) is 2.00. The number of pyridine rings is 2. The van der Waals surface area contributed by atoms with E-state index in [-0.39, 0.29) is 18.4 Å². The molecule has 7 heteroatoms. The molecule has 148 valence electrons. The molecule has 2 aromatic heterocycles. The van der Waals surface area contributed by atoms with Crippen molar-refractivity contribution in [1.29, 1.82) is 0 Å². The molecule has 1 aliphatic carbocycles. The van der Waals surface area contributed by atoms with E-state index < -0.39 is 0 Å². The van der Waals surface area contributed by atoms with Crippen LogP contribution in [0.3, 0.4) is 0 Å². The fourth-order valence-electron chi connectivity index (χ4n) is 4.94. The summed E-state index contributed by atoms with van der Waals surface area (Å²) >= 11 is 0. The number of allylic oxidation sites excluding steroid dienone is 1. The lowest BCUT2D eigenvalue weighted by atomic mass is 9.77. The highest BCUT2D eigenvalue weighted by Gasteiger charge is 2.48. The van der Waals surface area contributed by atoms with Gasteiger partial charge in [-0.1, -0.05) is 12.1 Å². The first-order chi connectivity index (χ1) is 14.4. The summed E-state index contributed by atoms with van der Waals surface area (Å²) in [7, 11) is 0. The number of hydrazone groups is 1. The maximum absolute atomic E-state index is 5.66. The Bertz CT molecular complexity index is 960. The van der Waals surface area contributed by atoms with Crippen molar-refractivity contribution in [2.45, 2.75) is 50.2 Å². The number of nitrogens with zero attached hydrogens (tertiary/aromatic N) is 3. The molecule has 2 aromatic rings. The van der Waals surface area contributed by atoms with Crippen LogP contribution in [-0.2, 0) is 4.74 Å². The Morgan fingerprint density at radius 3 is 2.28 bits per heavy atom. The highest BCUT2D eigenvalue weighted by Crippen LogP contribution is 2.38. The third-order valence-electron chi connectivity index (χ3n) is 6.43. The molecule has 1 saturated carbocycles. The fourth-order valence-corrected chi connectivity index (χ4v) is 4.94. The minimum atomic E-state index is 0.186. The molecule has 7 nitrogen and oxygen atoms in total. The molecule has 3 N–H and O–H groups in total. The Kier molecular flexibility index (Phi) is 4.18. The van der Waals surface area contributed by atoms with Crippen molar-refractivity contribution in [2.24, 2.45) is 11.0 Å².